The first-order chi connectivity index (χ1) is 12.1. The van der Waals surface area contributed by atoms with E-state index < -0.39 is 0 Å². The average molecular weight is 363 g/mol. The van der Waals surface area contributed by atoms with Gasteiger partial charge in [0.15, 0.2) is 17.1 Å². The van der Waals surface area contributed by atoms with Crippen molar-refractivity contribution in [2.75, 3.05) is 20.0 Å². The quantitative estimate of drug-likeness (QED) is 0.385. The van der Waals surface area contributed by atoms with Crippen molar-refractivity contribution in [1.29, 1.82) is 0 Å². The van der Waals surface area contributed by atoms with Crippen LogP contribution in [0.15, 0.2) is 42.1 Å². The van der Waals surface area contributed by atoms with Gasteiger partial charge in [-0.25, -0.2) is 0 Å². The van der Waals surface area contributed by atoms with E-state index >= 15 is 0 Å². The molecule has 0 N–H and O–H groups in total. The molecule has 1 atom stereocenters. The molecule has 0 saturated carbocycles. The summed E-state index contributed by atoms with van der Waals surface area (Å²) in [5.41, 5.74) is 0. The fraction of sp³-hybridized carbons (Fsp3) is 0.353. The molecule has 134 valence electrons. The number of carbonyl (C=O) groups is 1. The Morgan fingerprint density at radius 3 is 2.56 bits per heavy atom. The van der Waals surface area contributed by atoms with Crippen molar-refractivity contribution < 1.29 is 19.0 Å². The van der Waals surface area contributed by atoms with Crippen LogP contribution in [0.5, 0.6) is 11.5 Å². The predicted octanol–water partition coefficient (Wildman–Crippen LogP) is 2.88. The molecule has 0 aliphatic rings. The zero-order valence-corrected chi connectivity index (χ0v) is 15.3. The molecule has 7 nitrogen and oxygen atoms in total. The van der Waals surface area contributed by atoms with E-state index in [4.69, 9.17) is 9.47 Å². The highest BCUT2D eigenvalue weighted by molar-refractivity contribution is 7.99. The monoisotopic (exact) mass is 363 g/mol. The van der Waals surface area contributed by atoms with Crippen LogP contribution < -0.4 is 9.47 Å². The highest BCUT2D eigenvalue weighted by Crippen LogP contribution is 2.26. The van der Waals surface area contributed by atoms with Gasteiger partial charge in [-0.15, -0.1) is 16.8 Å². The fourth-order valence-corrected chi connectivity index (χ4v) is 2.89. The van der Waals surface area contributed by atoms with Gasteiger partial charge in [0.25, 0.3) is 0 Å². The minimum atomic E-state index is -0.326. The smallest absolute Gasteiger partial charge is 0.316 e. The Labute approximate surface area is 151 Å². The lowest BCUT2D eigenvalue weighted by molar-refractivity contribution is -0.137. The molecule has 8 heteroatoms. The summed E-state index contributed by atoms with van der Waals surface area (Å²) in [6, 6.07) is 7.31. The number of ether oxygens (including phenoxy) is 3. The Morgan fingerprint density at radius 1 is 1.28 bits per heavy atom. The van der Waals surface area contributed by atoms with Gasteiger partial charge < -0.3 is 14.2 Å². The molecule has 25 heavy (non-hydrogen) atoms. The van der Waals surface area contributed by atoms with Crippen molar-refractivity contribution in [3.05, 3.63) is 42.7 Å². The van der Waals surface area contributed by atoms with Gasteiger partial charge in [-0.1, -0.05) is 17.8 Å². The zero-order chi connectivity index (χ0) is 18.2. The van der Waals surface area contributed by atoms with Crippen molar-refractivity contribution in [2.45, 2.75) is 24.7 Å². The van der Waals surface area contributed by atoms with Crippen molar-refractivity contribution >= 4 is 17.7 Å². The van der Waals surface area contributed by atoms with Crippen LogP contribution in [0, 0.1) is 0 Å². The minimum Gasteiger partial charge on any atom is -0.497 e. The number of hydrogen-bond donors (Lipinski definition) is 0. The molecule has 1 aromatic carbocycles. The highest BCUT2D eigenvalue weighted by atomic mass is 32.2. The molecule has 1 aromatic heterocycles. The van der Waals surface area contributed by atoms with E-state index in [1.165, 1.54) is 18.9 Å². The summed E-state index contributed by atoms with van der Waals surface area (Å²) in [6.07, 6.45) is 1.42. The maximum absolute atomic E-state index is 11.3. The summed E-state index contributed by atoms with van der Waals surface area (Å²) >= 11 is 1.26. The van der Waals surface area contributed by atoms with E-state index in [0.29, 0.717) is 23.3 Å². The van der Waals surface area contributed by atoms with Crippen LogP contribution in [0.1, 0.15) is 18.9 Å². The third-order valence-electron chi connectivity index (χ3n) is 3.34. The summed E-state index contributed by atoms with van der Waals surface area (Å²) in [7, 11) is 2.97. The van der Waals surface area contributed by atoms with Crippen molar-refractivity contribution in [3.63, 3.8) is 0 Å². The largest absolute Gasteiger partial charge is 0.497 e. The molecule has 1 heterocycles. The van der Waals surface area contributed by atoms with Crippen molar-refractivity contribution in [3.8, 4) is 11.5 Å². The molecule has 0 fully saturated rings. The molecule has 0 aliphatic heterocycles. The van der Waals surface area contributed by atoms with Gasteiger partial charge in [0.1, 0.15) is 11.5 Å². The van der Waals surface area contributed by atoms with Gasteiger partial charge in [0.2, 0.25) is 0 Å². The lowest BCUT2D eigenvalue weighted by Crippen LogP contribution is -2.12. The summed E-state index contributed by atoms with van der Waals surface area (Å²) < 4.78 is 17.6. The van der Waals surface area contributed by atoms with E-state index in [0.717, 1.165) is 5.75 Å². The summed E-state index contributed by atoms with van der Waals surface area (Å²) in [4.78, 5) is 11.3. The molecule has 0 aliphatic carbocycles. The Bertz CT molecular complexity index is 715. The van der Waals surface area contributed by atoms with Gasteiger partial charge in [0, 0.05) is 6.54 Å². The topological polar surface area (TPSA) is 75.5 Å². The summed E-state index contributed by atoms with van der Waals surface area (Å²) in [6.45, 7) is 6.17. The molecular formula is C17H21N3O4S. The van der Waals surface area contributed by atoms with Crippen LogP contribution in [-0.4, -0.2) is 40.7 Å². The van der Waals surface area contributed by atoms with Crippen LogP contribution in [0.3, 0.4) is 0 Å². The number of methoxy groups -OCH3 is 2. The molecule has 0 bridgehead atoms. The maximum Gasteiger partial charge on any atom is 0.316 e. The predicted molar refractivity (Wildman–Crippen MR) is 95.0 cm³/mol. The van der Waals surface area contributed by atoms with Gasteiger partial charge in [-0.2, -0.15) is 0 Å². The lowest BCUT2D eigenvalue weighted by Gasteiger charge is -2.16. The zero-order valence-electron chi connectivity index (χ0n) is 14.5. The Hall–Kier alpha value is -2.48. The number of rotatable bonds is 9. The third kappa shape index (κ3) is 4.99. The summed E-state index contributed by atoms with van der Waals surface area (Å²) in [5, 5.41) is 8.98. The number of esters is 1. The molecule has 2 aromatic rings. The minimum absolute atomic E-state index is 0.166. The first kappa shape index (κ1) is 18.9. The van der Waals surface area contributed by atoms with Crippen molar-refractivity contribution in [1.82, 2.24) is 14.8 Å². The Kier molecular flexibility index (Phi) is 6.88. The number of hydrogen-bond acceptors (Lipinski definition) is 7. The molecule has 0 unspecified atom stereocenters. The van der Waals surface area contributed by atoms with E-state index in [1.807, 2.05) is 35.8 Å². The van der Waals surface area contributed by atoms with E-state index in [2.05, 4.69) is 21.5 Å². The first-order valence-electron chi connectivity index (χ1n) is 7.63. The molecule has 0 radical (unpaired) electrons. The second kappa shape index (κ2) is 9.12. The molecular weight excluding hydrogens is 342 g/mol. The van der Waals surface area contributed by atoms with E-state index in [-0.39, 0.29) is 17.8 Å². The second-order valence-electron chi connectivity index (χ2n) is 5.04. The van der Waals surface area contributed by atoms with E-state index in [1.54, 1.807) is 13.2 Å². The van der Waals surface area contributed by atoms with Crippen LogP contribution >= 0.6 is 11.8 Å². The fourth-order valence-electron chi connectivity index (χ4n) is 2.10. The van der Waals surface area contributed by atoms with E-state index in [9.17, 15) is 4.79 Å². The molecule has 0 saturated heterocycles. The molecule has 2 rings (SSSR count). The number of benzene rings is 1. The Morgan fingerprint density at radius 2 is 1.96 bits per heavy atom. The molecule has 0 spiro atoms. The first-order valence-corrected chi connectivity index (χ1v) is 8.62. The van der Waals surface area contributed by atoms with Crippen LogP contribution in [0.4, 0.5) is 0 Å². The molecule has 0 amide bonds. The average Bonchev–Trinajstić information content (AvgIpc) is 3.03. The number of nitrogens with zero attached hydrogens (tertiary/aromatic N) is 3. The van der Waals surface area contributed by atoms with Gasteiger partial charge in [-0.3, -0.25) is 9.36 Å². The number of aromatic nitrogens is 3. The van der Waals surface area contributed by atoms with Gasteiger partial charge in [0.05, 0.1) is 20.0 Å². The third-order valence-corrected chi connectivity index (χ3v) is 4.28. The normalized spacial score (nSPS) is 11.6. The maximum atomic E-state index is 11.3. The summed E-state index contributed by atoms with van der Waals surface area (Å²) in [5.74, 6) is 1.96. The highest BCUT2D eigenvalue weighted by Gasteiger charge is 2.19. The standard InChI is InChI=1S/C17H21N3O4S/c1-5-10-20-16(18-19-17(20)25-11-15(21)23-4)12(2)24-14-8-6-13(22-3)7-9-14/h5-9,12H,1,10-11H2,2-4H3/t12-/m1/s1. The second-order valence-corrected chi connectivity index (χ2v) is 5.98. The van der Waals surface area contributed by atoms with Crippen LogP contribution in [0.25, 0.3) is 0 Å². The number of carbonyl (C=O) groups excluding carboxylic acids is 1. The number of thioether (sulfide) groups is 1. The SMILES string of the molecule is C=CCn1c(SCC(=O)OC)nnc1[C@@H](C)Oc1ccc(OC)cc1. The van der Waals surface area contributed by atoms with Gasteiger partial charge >= 0.3 is 5.97 Å². The van der Waals surface area contributed by atoms with Crippen LogP contribution in [-0.2, 0) is 16.1 Å². The Balaban J connectivity index is 2.14. The number of allylic oxidation sites excluding steroid dienone is 1. The van der Waals surface area contributed by atoms with Gasteiger partial charge in [-0.05, 0) is 31.2 Å². The van der Waals surface area contributed by atoms with Crippen molar-refractivity contribution in [2.24, 2.45) is 0 Å². The lowest BCUT2D eigenvalue weighted by atomic mass is 10.3. The van der Waals surface area contributed by atoms with Crippen LogP contribution in [0.2, 0.25) is 0 Å².